The SMILES string of the molecule is O=C(Nc1ccccn1)[C@@H]1C[C@H]2CC[C@@H]1C2. The lowest BCUT2D eigenvalue weighted by Crippen LogP contribution is -2.27. The largest absolute Gasteiger partial charge is 0.310 e. The van der Waals surface area contributed by atoms with E-state index in [0.717, 1.165) is 12.3 Å². The summed E-state index contributed by atoms with van der Waals surface area (Å²) in [6.07, 6.45) is 6.63. The molecule has 1 amide bonds. The Bertz CT molecular complexity index is 390. The molecule has 1 aromatic rings. The van der Waals surface area contributed by atoms with E-state index in [2.05, 4.69) is 10.3 Å². The molecule has 0 radical (unpaired) electrons. The smallest absolute Gasteiger partial charge is 0.228 e. The Morgan fingerprint density at radius 1 is 1.31 bits per heavy atom. The molecule has 1 N–H and O–H groups in total. The third kappa shape index (κ3) is 1.70. The molecule has 1 aromatic heterocycles. The Balaban J connectivity index is 1.66. The van der Waals surface area contributed by atoms with Crippen molar-refractivity contribution in [1.29, 1.82) is 0 Å². The van der Waals surface area contributed by atoms with E-state index in [0.29, 0.717) is 11.7 Å². The zero-order valence-electron chi connectivity index (χ0n) is 9.23. The van der Waals surface area contributed by atoms with Crippen molar-refractivity contribution in [1.82, 2.24) is 4.98 Å². The maximum atomic E-state index is 12.1. The fraction of sp³-hybridized carbons (Fsp3) is 0.538. The third-order valence-corrected chi connectivity index (χ3v) is 3.99. The van der Waals surface area contributed by atoms with Crippen molar-refractivity contribution in [2.24, 2.45) is 17.8 Å². The molecule has 84 valence electrons. The van der Waals surface area contributed by atoms with Gasteiger partial charge in [-0.25, -0.2) is 4.98 Å². The van der Waals surface area contributed by atoms with Crippen LogP contribution in [-0.2, 0) is 4.79 Å². The lowest BCUT2D eigenvalue weighted by atomic mass is 9.88. The van der Waals surface area contributed by atoms with Crippen molar-refractivity contribution in [3.05, 3.63) is 24.4 Å². The highest BCUT2D eigenvalue weighted by Crippen LogP contribution is 2.48. The molecule has 0 unspecified atom stereocenters. The van der Waals surface area contributed by atoms with Gasteiger partial charge >= 0.3 is 0 Å². The van der Waals surface area contributed by atoms with Gasteiger partial charge in [0.25, 0.3) is 0 Å². The van der Waals surface area contributed by atoms with Gasteiger partial charge in [0, 0.05) is 12.1 Å². The first-order chi connectivity index (χ1) is 7.83. The molecule has 3 rings (SSSR count). The number of fused-ring (bicyclic) bond motifs is 2. The fourth-order valence-electron chi connectivity index (χ4n) is 3.22. The Morgan fingerprint density at radius 2 is 2.25 bits per heavy atom. The molecule has 2 aliphatic rings. The van der Waals surface area contributed by atoms with Crippen LogP contribution in [0.4, 0.5) is 5.82 Å². The standard InChI is InChI=1S/C13H16N2O/c16-13(15-12-3-1-2-6-14-12)11-8-9-4-5-10(11)7-9/h1-3,6,9-11H,4-5,7-8H2,(H,14,15,16)/t9-,10+,11+/m0/s1. The summed E-state index contributed by atoms with van der Waals surface area (Å²) in [6.45, 7) is 0. The van der Waals surface area contributed by atoms with Crippen molar-refractivity contribution in [3.8, 4) is 0 Å². The molecule has 1 heterocycles. The highest BCUT2D eigenvalue weighted by Gasteiger charge is 2.43. The first kappa shape index (κ1) is 9.82. The number of rotatable bonds is 2. The van der Waals surface area contributed by atoms with Gasteiger partial charge in [0.2, 0.25) is 5.91 Å². The van der Waals surface area contributed by atoms with Crippen LogP contribution >= 0.6 is 0 Å². The molecule has 2 bridgehead atoms. The van der Waals surface area contributed by atoms with Gasteiger partial charge in [-0.2, -0.15) is 0 Å². The number of amides is 1. The van der Waals surface area contributed by atoms with Gasteiger partial charge in [-0.15, -0.1) is 0 Å². The Hall–Kier alpha value is -1.38. The van der Waals surface area contributed by atoms with Crippen molar-refractivity contribution in [3.63, 3.8) is 0 Å². The number of carbonyl (C=O) groups is 1. The van der Waals surface area contributed by atoms with E-state index < -0.39 is 0 Å². The van der Waals surface area contributed by atoms with Crippen molar-refractivity contribution in [2.75, 3.05) is 5.32 Å². The molecule has 2 aliphatic carbocycles. The number of hydrogen-bond donors (Lipinski definition) is 1. The van der Waals surface area contributed by atoms with E-state index in [1.54, 1.807) is 6.20 Å². The summed E-state index contributed by atoms with van der Waals surface area (Å²) in [5.74, 6) is 2.53. The average molecular weight is 216 g/mol. The zero-order chi connectivity index (χ0) is 11.0. The minimum atomic E-state index is 0.172. The lowest BCUT2D eigenvalue weighted by Gasteiger charge is -2.20. The van der Waals surface area contributed by atoms with E-state index in [9.17, 15) is 4.79 Å². The molecule has 2 fully saturated rings. The van der Waals surface area contributed by atoms with E-state index in [1.165, 1.54) is 19.3 Å². The van der Waals surface area contributed by atoms with Gasteiger partial charge in [-0.05, 0) is 43.2 Å². The number of hydrogen-bond acceptors (Lipinski definition) is 2. The molecular weight excluding hydrogens is 200 g/mol. The minimum Gasteiger partial charge on any atom is -0.310 e. The van der Waals surface area contributed by atoms with Crippen molar-refractivity contribution in [2.45, 2.75) is 25.7 Å². The number of carbonyl (C=O) groups excluding carboxylic acids is 1. The van der Waals surface area contributed by atoms with Crippen LogP contribution in [0.15, 0.2) is 24.4 Å². The van der Waals surface area contributed by atoms with Crippen LogP contribution < -0.4 is 5.32 Å². The van der Waals surface area contributed by atoms with Gasteiger partial charge in [-0.1, -0.05) is 12.5 Å². The summed E-state index contributed by atoms with van der Waals surface area (Å²) in [5, 5.41) is 2.92. The van der Waals surface area contributed by atoms with Gasteiger partial charge in [-0.3, -0.25) is 4.79 Å². The second kappa shape index (κ2) is 3.89. The van der Waals surface area contributed by atoms with E-state index in [4.69, 9.17) is 0 Å². The fourth-order valence-corrected chi connectivity index (χ4v) is 3.22. The molecule has 3 heteroatoms. The summed E-state index contributed by atoms with van der Waals surface area (Å²) < 4.78 is 0. The predicted octanol–water partition coefficient (Wildman–Crippen LogP) is 2.46. The third-order valence-electron chi connectivity index (χ3n) is 3.99. The van der Waals surface area contributed by atoms with Crippen LogP contribution in [0.3, 0.4) is 0 Å². The molecule has 2 saturated carbocycles. The summed E-state index contributed by atoms with van der Waals surface area (Å²) in [5.41, 5.74) is 0. The van der Waals surface area contributed by atoms with Gasteiger partial charge < -0.3 is 5.32 Å². The van der Waals surface area contributed by atoms with E-state index in [-0.39, 0.29) is 11.8 Å². The van der Waals surface area contributed by atoms with Crippen molar-refractivity contribution < 1.29 is 4.79 Å². The Kier molecular flexibility index (Phi) is 2.39. The van der Waals surface area contributed by atoms with Crippen LogP contribution in [0.5, 0.6) is 0 Å². The number of anilines is 1. The summed E-state index contributed by atoms with van der Waals surface area (Å²) in [6, 6.07) is 5.59. The highest BCUT2D eigenvalue weighted by molar-refractivity contribution is 5.92. The molecule has 0 aliphatic heterocycles. The molecule has 3 nitrogen and oxygen atoms in total. The lowest BCUT2D eigenvalue weighted by molar-refractivity contribution is -0.121. The molecule has 0 spiro atoms. The van der Waals surface area contributed by atoms with Crippen LogP contribution in [-0.4, -0.2) is 10.9 Å². The molecule has 3 atom stereocenters. The maximum absolute atomic E-state index is 12.1. The average Bonchev–Trinajstić information content (AvgIpc) is 2.92. The summed E-state index contributed by atoms with van der Waals surface area (Å²) >= 11 is 0. The van der Waals surface area contributed by atoms with E-state index >= 15 is 0 Å². The van der Waals surface area contributed by atoms with Gasteiger partial charge in [0.15, 0.2) is 0 Å². The number of pyridine rings is 1. The van der Waals surface area contributed by atoms with Gasteiger partial charge in [0.1, 0.15) is 5.82 Å². The number of nitrogens with zero attached hydrogens (tertiary/aromatic N) is 1. The first-order valence-corrected chi connectivity index (χ1v) is 6.05. The quantitative estimate of drug-likeness (QED) is 0.825. The van der Waals surface area contributed by atoms with Crippen LogP contribution in [0.25, 0.3) is 0 Å². The Labute approximate surface area is 95.3 Å². The topological polar surface area (TPSA) is 42.0 Å². The van der Waals surface area contributed by atoms with Crippen LogP contribution in [0, 0.1) is 17.8 Å². The normalized spacial score (nSPS) is 31.6. The monoisotopic (exact) mass is 216 g/mol. The second-order valence-electron chi connectivity index (χ2n) is 4.99. The maximum Gasteiger partial charge on any atom is 0.228 e. The molecular formula is C13H16N2O. The van der Waals surface area contributed by atoms with Crippen molar-refractivity contribution >= 4 is 11.7 Å². The summed E-state index contributed by atoms with van der Waals surface area (Å²) in [7, 11) is 0. The zero-order valence-corrected chi connectivity index (χ0v) is 9.23. The molecule has 0 aromatic carbocycles. The highest BCUT2D eigenvalue weighted by atomic mass is 16.2. The minimum absolute atomic E-state index is 0.172. The van der Waals surface area contributed by atoms with Crippen LogP contribution in [0.2, 0.25) is 0 Å². The number of aromatic nitrogens is 1. The first-order valence-electron chi connectivity index (χ1n) is 6.05. The Morgan fingerprint density at radius 3 is 2.88 bits per heavy atom. The second-order valence-corrected chi connectivity index (χ2v) is 4.99. The van der Waals surface area contributed by atoms with Gasteiger partial charge in [0.05, 0.1) is 0 Å². The molecule has 0 saturated heterocycles. The van der Waals surface area contributed by atoms with Crippen LogP contribution in [0.1, 0.15) is 25.7 Å². The molecule has 16 heavy (non-hydrogen) atoms. The summed E-state index contributed by atoms with van der Waals surface area (Å²) in [4.78, 5) is 16.2. The number of nitrogens with one attached hydrogen (secondary N) is 1. The predicted molar refractivity (Wildman–Crippen MR) is 61.8 cm³/mol. The van der Waals surface area contributed by atoms with E-state index in [1.807, 2.05) is 18.2 Å².